The van der Waals surface area contributed by atoms with Gasteiger partial charge in [-0.15, -0.1) is 0 Å². The van der Waals surface area contributed by atoms with E-state index in [1.165, 1.54) is 11.1 Å². The van der Waals surface area contributed by atoms with Gasteiger partial charge in [0.25, 0.3) is 0 Å². The molecule has 21 heavy (non-hydrogen) atoms. The van der Waals surface area contributed by atoms with Gasteiger partial charge in [-0.1, -0.05) is 30.3 Å². The van der Waals surface area contributed by atoms with E-state index in [1.54, 1.807) is 6.07 Å². The van der Waals surface area contributed by atoms with Crippen LogP contribution in [0.1, 0.15) is 28.7 Å². The Morgan fingerprint density at radius 3 is 2.43 bits per heavy atom. The highest BCUT2D eigenvalue weighted by Crippen LogP contribution is 2.26. The second-order valence-corrected chi connectivity index (χ2v) is 7.51. The number of nitrogens with two attached hydrogens (primary N) is 1. The standard InChI is InChI=1S/C17H19NO2S/c18-11-15-4-1-2-5-16(15)12-21(19,20)17-9-8-13-6-3-7-14(13)10-17/h1-2,4-5,8-10H,3,6-7,11-12,18H2. The molecule has 2 aromatic carbocycles. The molecule has 3 rings (SSSR count). The van der Waals surface area contributed by atoms with E-state index in [1.807, 2.05) is 36.4 Å². The van der Waals surface area contributed by atoms with Crippen LogP contribution >= 0.6 is 0 Å². The second-order valence-electron chi connectivity index (χ2n) is 5.52. The molecule has 0 unspecified atom stereocenters. The number of hydrogen-bond acceptors (Lipinski definition) is 3. The van der Waals surface area contributed by atoms with Gasteiger partial charge in [-0.25, -0.2) is 8.42 Å². The Hall–Kier alpha value is -1.65. The summed E-state index contributed by atoms with van der Waals surface area (Å²) in [7, 11) is -3.32. The fourth-order valence-electron chi connectivity index (χ4n) is 2.93. The summed E-state index contributed by atoms with van der Waals surface area (Å²) >= 11 is 0. The Morgan fingerprint density at radius 2 is 1.67 bits per heavy atom. The summed E-state index contributed by atoms with van der Waals surface area (Å²) in [5, 5.41) is 0. The van der Waals surface area contributed by atoms with Crippen LogP contribution in [0.3, 0.4) is 0 Å². The third-order valence-corrected chi connectivity index (χ3v) is 5.78. The van der Waals surface area contributed by atoms with E-state index in [0.717, 1.165) is 30.4 Å². The first-order valence-electron chi connectivity index (χ1n) is 7.21. The molecule has 0 aromatic heterocycles. The monoisotopic (exact) mass is 301 g/mol. The number of sulfone groups is 1. The van der Waals surface area contributed by atoms with E-state index in [0.29, 0.717) is 11.4 Å². The largest absolute Gasteiger partial charge is 0.326 e. The van der Waals surface area contributed by atoms with Crippen LogP contribution in [0.15, 0.2) is 47.4 Å². The molecular weight excluding hydrogens is 282 g/mol. The maximum Gasteiger partial charge on any atom is 0.182 e. The molecule has 0 spiro atoms. The summed E-state index contributed by atoms with van der Waals surface area (Å²) < 4.78 is 25.3. The van der Waals surface area contributed by atoms with Crippen molar-refractivity contribution < 1.29 is 8.42 Å². The molecule has 0 fully saturated rings. The van der Waals surface area contributed by atoms with E-state index in [2.05, 4.69) is 0 Å². The maximum atomic E-state index is 12.6. The Bertz CT molecular complexity index is 766. The summed E-state index contributed by atoms with van der Waals surface area (Å²) in [6, 6.07) is 13.0. The predicted octanol–water partition coefficient (Wildman–Crippen LogP) is 2.61. The van der Waals surface area contributed by atoms with E-state index in [4.69, 9.17) is 5.73 Å². The number of fused-ring (bicyclic) bond motifs is 1. The maximum absolute atomic E-state index is 12.6. The minimum atomic E-state index is -3.32. The average Bonchev–Trinajstić information content (AvgIpc) is 2.95. The second kappa shape index (κ2) is 5.62. The van der Waals surface area contributed by atoms with Gasteiger partial charge < -0.3 is 5.73 Å². The summed E-state index contributed by atoms with van der Waals surface area (Å²) in [5.74, 6) is 0.0131. The first-order chi connectivity index (χ1) is 10.1. The number of rotatable bonds is 4. The van der Waals surface area contributed by atoms with E-state index in [9.17, 15) is 8.42 Å². The van der Waals surface area contributed by atoms with Crippen molar-refractivity contribution in [1.29, 1.82) is 0 Å². The molecular formula is C17H19NO2S. The fourth-order valence-corrected chi connectivity index (χ4v) is 4.38. The number of benzene rings is 2. The SMILES string of the molecule is NCc1ccccc1CS(=O)(=O)c1ccc2c(c1)CCC2. The molecule has 2 N–H and O–H groups in total. The van der Waals surface area contributed by atoms with E-state index < -0.39 is 9.84 Å². The molecule has 4 heteroatoms. The summed E-state index contributed by atoms with van der Waals surface area (Å²) in [5.41, 5.74) is 9.84. The minimum Gasteiger partial charge on any atom is -0.326 e. The molecule has 0 bridgehead atoms. The van der Waals surface area contributed by atoms with Crippen molar-refractivity contribution in [3.05, 3.63) is 64.7 Å². The quantitative estimate of drug-likeness (QED) is 0.944. The predicted molar refractivity (Wildman–Crippen MR) is 83.7 cm³/mol. The molecule has 0 amide bonds. The average molecular weight is 301 g/mol. The first-order valence-corrected chi connectivity index (χ1v) is 8.87. The van der Waals surface area contributed by atoms with E-state index >= 15 is 0 Å². The lowest BCUT2D eigenvalue weighted by atomic mass is 10.1. The Labute approximate surface area is 125 Å². The van der Waals surface area contributed by atoms with Crippen molar-refractivity contribution in [3.63, 3.8) is 0 Å². The molecule has 0 radical (unpaired) electrons. The summed E-state index contributed by atoms with van der Waals surface area (Å²) in [6.45, 7) is 0.357. The van der Waals surface area contributed by atoms with Crippen LogP contribution in [0.2, 0.25) is 0 Å². The molecule has 0 saturated carbocycles. The molecule has 2 aromatic rings. The lowest BCUT2D eigenvalue weighted by molar-refractivity contribution is 0.595. The number of hydrogen-bond donors (Lipinski definition) is 1. The molecule has 0 saturated heterocycles. The van der Waals surface area contributed by atoms with Gasteiger partial charge in [-0.2, -0.15) is 0 Å². The van der Waals surface area contributed by atoms with Crippen molar-refractivity contribution in [2.24, 2.45) is 5.73 Å². The number of aryl methyl sites for hydroxylation is 2. The van der Waals surface area contributed by atoms with Gasteiger partial charge in [-0.3, -0.25) is 0 Å². The van der Waals surface area contributed by atoms with Crippen LogP contribution in [0.5, 0.6) is 0 Å². The Balaban J connectivity index is 1.94. The van der Waals surface area contributed by atoms with Crippen molar-refractivity contribution in [1.82, 2.24) is 0 Å². The molecule has 3 nitrogen and oxygen atoms in total. The minimum absolute atomic E-state index is 0.0131. The van der Waals surface area contributed by atoms with Crippen LogP contribution in [0.4, 0.5) is 0 Å². The van der Waals surface area contributed by atoms with Crippen LogP contribution in [-0.4, -0.2) is 8.42 Å². The Kier molecular flexibility index (Phi) is 3.83. The fraction of sp³-hybridized carbons (Fsp3) is 0.294. The highest BCUT2D eigenvalue weighted by atomic mass is 32.2. The lowest BCUT2D eigenvalue weighted by Gasteiger charge is -2.10. The van der Waals surface area contributed by atoms with Gasteiger partial charge in [0.1, 0.15) is 0 Å². The highest BCUT2D eigenvalue weighted by Gasteiger charge is 2.20. The summed E-state index contributed by atoms with van der Waals surface area (Å²) in [4.78, 5) is 0.426. The van der Waals surface area contributed by atoms with Crippen molar-refractivity contribution >= 4 is 9.84 Å². The van der Waals surface area contributed by atoms with Crippen molar-refractivity contribution in [3.8, 4) is 0 Å². The van der Waals surface area contributed by atoms with Gasteiger partial charge in [0.2, 0.25) is 0 Å². The zero-order chi connectivity index (χ0) is 14.9. The molecule has 0 heterocycles. The lowest BCUT2D eigenvalue weighted by Crippen LogP contribution is -2.09. The van der Waals surface area contributed by atoms with Crippen molar-refractivity contribution in [2.45, 2.75) is 36.5 Å². The zero-order valence-corrected chi connectivity index (χ0v) is 12.7. The van der Waals surface area contributed by atoms with Crippen LogP contribution < -0.4 is 5.73 Å². The van der Waals surface area contributed by atoms with E-state index in [-0.39, 0.29) is 5.75 Å². The normalized spacial score (nSPS) is 14.1. The first kappa shape index (κ1) is 14.3. The highest BCUT2D eigenvalue weighted by molar-refractivity contribution is 7.90. The van der Waals surface area contributed by atoms with Crippen LogP contribution in [0.25, 0.3) is 0 Å². The summed E-state index contributed by atoms with van der Waals surface area (Å²) in [6.07, 6.45) is 3.17. The van der Waals surface area contributed by atoms with Gasteiger partial charge in [0.15, 0.2) is 9.84 Å². The Morgan fingerprint density at radius 1 is 0.952 bits per heavy atom. The van der Waals surface area contributed by atoms with Gasteiger partial charge in [0.05, 0.1) is 10.6 Å². The third-order valence-electron chi connectivity index (χ3n) is 4.11. The van der Waals surface area contributed by atoms with Gasteiger partial charge in [-0.05, 0) is 53.6 Å². The molecule has 0 aliphatic heterocycles. The molecule has 1 aliphatic carbocycles. The molecule has 0 atom stereocenters. The third kappa shape index (κ3) is 2.87. The van der Waals surface area contributed by atoms with Gasteiger partial charge in [0, 0.05) is 6.54 Å². The van der Waals surface area contributed by atoms with Crippen LogP contribution in [0, 0.1) is 0 Å². The van der Waals surface area contributed by atoms with Crippen molar-refractivity contribution in [2.75, 3.05) is 0 Å². The smallest absolute Gasteiger partial charge is 0.182 e. The topological polar surface area (TPSA) is 60.2 Å². The van der Waals surface area contributed by atoms with Crippen LogP contribution in [-0.2, 0) is 35.0 Å². The zero-order valence-electron chi connectivity index (χ0n) is 11.9. The molecule has 110 valence electrons. The molecule has 1 aliphatic rings. The van der Waals surface area contributed by atoms with Gasteiger partial charge >= 0.3 is 0 Å².